The molecule has 2 N–H and O–H groups in total. The monoisotopic (exact) mass is 339 g/mol. The number of rotatable bonds is 4. The van der Waals surface area contributed by atoms with E-state index in [4.69, 9.17) is 4.74 Å². The molecule has 0 radical (unpaired) electrons. The van der Waals surface area contributed by atoms with Crippen molar-refractivity contribution in [1.29, 1.82) is 0 Å². The molecule has 0 aliphatic carbocycles. The smallest absolute Gasteiger partial charge is 0.319 e. The van der Waals surface area contributed by atoms with E-state index in [1.807, 2.05) is 55.5 Å². The molecule has 1 fully saturated rings. The van der Waals surface area contributed by atoms with Gasteiger partial charge in [-0.2, -0.15) is 0 Å². The van der Waals surface area contributed by atoms with Crippen LogP contribution >= 0.6 is 0 Å². The third kappa shape index (κ3) is 4.09. The van der Waals surface area contributed by atoms with Crippen LogP contribution in [0.4, 0.5) is 16.2 Å². The van der Waals surface area contributed by atoms with E-state index in [2.05, 4.69) is 10.6 Å². The fourth-order valence-corrected chi connectivity index (χ4v) is 2.91. The normalized spacial score (nSPS) is 16.6. The molecule has 1 atom stereocenters. The highest BCUT2D eigenvalue weighted by Crippen LogP contribution is 2.25. The molecular formula is C19H21N3O3. The summed E-state index contributed by atoms with van der Waals surface area (Å²) in [5.74, 6) is 0.674. The minimum atomic E-state index is -0.309. The molecular weight excluding hydrogens is 318 g/mol. The predicted molar refractivity (Wildman–Crippen MR) is 97.1 cm³/mol. The Hall–Kier alpha value is -3.02. The second-order valence-electron chi connectivity index (χ2n) is 6.07. The molecule has 6 nitrogen and oxygen atoms in total. The third-order valence-electron chi connectivity index (χ3n) is 4.10. The first-order valence-electron chi connectivity index (χ1n) is 8.14. The molecule has 0 bridgehead atoms. The van der Waals surface area contributed by atoms with Crippen LogP contribution in [0.3, 0.4) is 0 Å². The lowest BCUT2D eigenvalue weighted by atomic mass is 10.2. The van der Waals surface area contributed by atoms with E-state index in [0.29, 0.717) is 12.3 Å². The topological polar surface area (TPSA) is 70.7 Å². The first kappa shape index (κ1) is 16.8. The average Bonchev–Trinajstić information content (AvgIpc) is 2.95. The standard InChI is InChI=1S/C19H21N3O3/c1-13-5-3-6-14(9-13)20-19(24)21-15-10-18(23)22(12-15)16-7-4-8-17(11-16)25-2/h3-9,11,15H,10,12H2,1-2H3,(H2,20,21,24). The Bertz CT molecular complexity index is 791. The van der Waals surface area contributed by atoms with Gasteiger partial charge in [0.05, 0.1) is 13.2 Å². The van der Waals surface area contributed by atoms with Gasteiger partial charge in [0.1, 0.15) is 5.75 Å². The largest absolute Gasteiger partial charge is 0.497 e. The van der Waals surface area contributed by atoms with Gasteiger partial charge >= 0.3 is 6.03 Å². The number of methoxy groups -OCH3 is 1. The van der Waals surface area contributed by atoms with Gasteiger partial charge in [-0.1, -0.05) is 18.2 Å². The highest BCUT2D eigenvalue weighted by atomic mass is 16.5. The van der Waals surface area contributed by atoms with E-state index in [0.717, 1.165) is 16.9 Å². The molecule has 1 saturated heterocycles. The molecule has 130 valence electrons. The molecule has 3 rings (SSSR count). The Balaban J connectivity index is 1.61. The van der Waals surface area contributed by atoms with Gasteiger partial charge in [0.2, 0.25) is 5.91 Å². The van der Waals surface area contributed by atoms with Crippen molar-refractivity contribution >= 4 is 23.3 Å². The van der Waals surface area contributed by atoms with Gasteiger partial charge in [-0.05, 0) is 36.8 Å². The number of nitrogens with one attached hydrogen (secondary N) is 2. The van der Waals surface area contributed by atoms with Crippen molar-refractivity contribution in [1.82, 2.24) is 5.32 Å². The number of nitrogens with zero attached hydrogens (tertiary/aromatic N) is 1. The van der Waals surface area contributed by atoms with Gasteiger partial charge in [0.15, 0.2) is 0 Å². The lowest BCUT2D eigenvalue weighted by Crippen LogP contribution is -2.39. The Labute approximate surface area is 146 Å². The number of benzene rings is 2. The Morgan fingerprint density at radius 2 is 2.00 bits per heavy atom. The minimum absolute atomic E-state index is 0.0193. The second-order valence-corrected chi connectivity index (χ2v) is 6.07. The highest BCUT2D eigenvalue weighted by Gasteiger charge is 2.31. The number of carbonyl (C=O) groups excluding carboxylic acids is 2. The van der Waals surface area contributed by atoms with Gasteiger partial charge < -0.3 is 20.3 Å². The summed E-state index contributed by atoms with van der Waals surface area (Å²) in [6.07, 6.45) is 0.276. The van der Waals surface area contributed by atoms with Crippen molar-refractivity contribution in [3.8, 4) is 5.75 Å². The van der Waals surface area contributed by atoms with Crippen LogP contribution in [0.5, 0.6) is 5.75 Å². The molecule has 25 heavy (non-hydrogen) atoms. The Kier molecular flexibility index (Phi) is 4.88. The number of amides is 3. The molecule has 1 unspecified atom stereocenters. The molecule has 1 aliphatic rings. The SMILES string of the molecule is COc1cccc(N2CC(NC(=O)Nc3cccc(C)c3)CC2=O)c1. The van der Waals surface area contributed by atoms with E-state index >= 15 is 0 Å². The summed E-state index contributed by atoms with van der Waals surface area (Å²) in [6, 6.07) is 14.4. The zero-order valence-electron chi connectivity index (χ0n) is 14.3. The van der Waals surface area contributed by atoms with Gasteiger partial charge in [0.25, 0.3) is 0 Å². The molecule has 0 spiro atoms. The van der Waals surface area contributed by atoms with E-state index in [1.54, 1.807) is 12.0 Å². The first-order valence-corrected chi connectivity index (χ1v) is 8.14. The number of hydrogen-bond donors (Lipinski definition) is 2. The van der Waals surface area contributed by atoms with Gasteiger partial charge in [-0.3, -0.25) is 4.79 Å². The first-order chi connectivity index (χ1) is 12.0. The summed E-state index contributed by atoms with van der Waals surface area (Å²) in [5.41, 5.74) is 2.57. The summed E-state index contributed by atoms with van der Waals surface area (Å²) in [6.45, 7) is 2.40. The van der Waals surface area contributed by atoms with Crippen LogP contribution in [0.1, 0.15) is 12.0 Å². The molecule has 1 heterocycles. The van der Waals surface area contributed by atoms with Crippen molar-refractivity contribution in [3.05, 3.63) is 54.1 Å². The molecule has 1 aliphatic heterocycles. The molecule has 6 heteroatoms. The average molecular weight is 339 g/mol. The van der Waals surface area contributed by atoms with E-state index in [1.165, 1.54) is 0 Å². The maximum Gasteiger partial charge on any atom is 0.319 e. The van der Waals surface area contributed by atoms with Crippen LogP contribution in [0.2, 0.25) is 0 Å². The number of anilines is 2. The fourth-order valence-electron chi connectivity index (χ4n) is 2.91. The molecule has 3 amide bonds. The van der Waals surface area contributed by atoms with Crippen LogP contribution < -0.4 is 20.3 Å². The lowest BCUT2D eigenvalue weighted by Gasteiger charge is -2.18. The third-order valence-corrected chi connectivity index (χ3v) is 4.10. The van der Waals surface area contributed by atoms with Crippen LogP contribution in [-0.4, -0.2) is 31.6 Å². The summed E-state index contributed by atoms with van der Waals surface area (Å²) in [7, 11) is 1.59. The van der Waals surface area contributed by atoms with Crippen LogP contribution in [0.25, 0.3) is 0 Å². The van der Waals surface area contributed by atoms with E-state index in [9.17, 15) is 9.59 Å². The molecule has 0 saturated carbocycles. The number of carbonyl (C=O) groups is 2. The summed E-state index contributed by atoms with van der Waals surface area (Å²) in [4.78, 5) is 26.1. The number of aryl methyl sites for hydroxylation is 1. The van der Waals surface area contributed by atoms with Gasteiger partial charge in [-0.15, -0.1) is 0 Å². The van der Waals surface area contributed by atoms with Crippen molar-refractivity contribution in [3.63, 3.8) is 0 Å². The van der Waals surface area contributed by atoms with E-state index in [-0.39, 0.29) is 24.4 Å². The lowest BCUT2D eigenvalue weighted by molar-refractivity contribution is -0.117. The number of ether oxygens (including phenoxy) is 1. The van der Waals surface area contributed by atoms with E-state index < -0.39 is 0 Å². The molecule has 0 aromatic heterocycles. The maximum absolute atomic E-state index is 12.3. The molecule has 2 aromatic rings. The number of hydrogen-bond acceptors (Lipinski definition) is 3. The molecule has 2 aromatic carbocycles. The summed E-state index contributed by atoms with van der Waals surface area (Å²) < 4.78 is 5.20. The van der Waals surface area contributed by atoms with Crippen molar-refractivity contribution in [2.75, 3.05) is 23.9 Å². The van der Waals surface area contributed by atoms with Crippen molar-refractivity contribution in [2.45, 2.75) is 19.4 Å². The van der Waals surface area contributed by atoms with Gasteiger partial charge in [-0.25, -0.2) is 4.79 Å². The number of urea groups is 1. The Morgan fingerprint density at radius 1 is 1.20 bits per heavy atom. The summed E-state index contributed by atoms with van der Waals surface area (Å²) in [5, 5.41) is 5.66. The van der Waals surface area contributed by atoms with Crippen molar-refractivity contribution in [2.24, 2.45) is 0 Å². The predicted octanol–water partition coefficient (Wildman–Crippen LogP) is 2.93. The zero-order chi connectivity index (χ0) is 17.8. The quantitative estimate of drug-likeness (QED) is 0.900. The second kappa shape index (κ2) is 7.25. The minimum Gasteiger partial charge on any atom is -0.497 e. The zero-order valence-corrected chi connectivity index (χ0v) is 14.3. The van der Waals surface area contributed by atoms with Crippen molar-refractivity contribution < 1.29 is 14.3 Å². The van der Waals surface area contributed by atoms with Crippen LogP contribution in [0, 0.1) is 6.92 Å². The fraction of sp³-hybridized carbons (Fsp3) is 0.263. The maximum atomic E-state index is 12.3. The van der Waals surface area contributed by atoms with Gasteiger partial charge in [0, 0.05) is 30.4 Å². The van der Waals surface area contributed by atoms with Crippen LogP contribution in [0.15, 0.2) is 48.5 Å². The van der Waals surface area contributed by atoms with Crippen LogP contribution in [-0.2, 0) is 4.79 Å². The highest BCUT2D eigenvalue weighted by molar-refractivity contribution is 5.97. The Morgan fingerprint density at radius 3 is 2.76 bits per heavy atom. The summed E-state index contributed by atoms with van der Waals surface area (Å²) >= 11 is 0.